The van der Waals surface area contributed by atoms with Crippen molar-refractivity contribution in [3.05, 3.63) is 65.2 Å². The van der Waals surface area contributed by atoms with Crippen molar-refractivity contribution in [1.82, 2.24) is 0 Å². The molecule has 2 saturated heterocycles. The smallest absolute Gasteiger partial charge is 0.122 e. The molecular weight excluding hydrogens is 456 g/mol. The van der Waals surface area contributed by atoms with Crippen molar-refractivity contribution in [2.75, 3.05) is 52.9 Å². The zero-order valence-corrected chi connectivity index (χ0v) is 21.3. The first-order valence-corrected chi connectivity index (χ1v) is 13.3. The fourth-order valence-corrected chi connectivity index (χ4v) is 4.62. The summed E-state index contributed by atoms with van der Waals surface area (Å²) < 4.78 is 33.2. The summed E-state index contributed by atoms with van der Waals surface area (Å²) in [4.78, 5) is 0. The summed E-state index contributed by atoms with van der Waals surface area (Å²) in [5.74, 6) is 2.42. The number of hydrogen-bond donors (Lipinski definition) is 0. The Labute approximate surface area is 214 Å². The molecule has 0 N–H and O–H groups in total. The molecule has 0 spiro atoms. The van der Waals surface area contributed by atoms with Crippen molar-refractivity contribution < 1.29 is 28.4 Å². The highest BCUT2D eigenvalue weighted by Crippen LogP contribution is 2.37. The summed E-state index contributed by atoms with van der Waals surface area (Å²) >= 11 is 0. The van der Waals surface area contributed by atoms with Gasteiger partial charge in [-0.05, 0) is 78.1 Å². The lowest BCUT2D eigenvalue weighted by molar-refractivity contribution is 0.0876. The van der Waals surface area contributed by atoms with Crippen LogP contribution in [0.2, 0.25) is 0 Å². The predicted octanol–water partition coefficient (Wildman–Crippen LogP) is 5.19. The van der Waals surface area contributed by atoms with E-state index in [9.17, 15) is 0 Å². The second kappa shape index (κ2) is 12.7. The first kappa shape index (κ1) is 25.3. The highest BCUT2D eigenvalue weighted by atomic mass is 16.6. The third-order valence-corrected chi connectivity index (χ3v) is 6.97. The van der Waals surface area contributed by atoms with Crippen molar-refractivity contribution in [2.24, 2.45) is 0 Å². The van der Waals surface area contributed by atoms with Gasteiger partial charge in [0.1, 0.15) is 36.9 Å². The van der Waals surface area contributed by atoms with E-state index >= 15 is 0 Å². The lowest BCUT2D eigenvalue weighted by Gasteiger charge is -2.23. The van der Waals surface area contributed by atoms with Crippen LogP contribution in [0, 0.1) is 0 Å². The van der Waals surface area contributed by atoms with Crippen LogP contribution in [0.5, 0.6) is 11.5 Å². The minimum atomic E-state index is 0.301. The molecule has 2 aliphatic heterocycles. The van der Waals surface area contributed by atoms with Crippen molar-refractivity contribution in [3.63, 3.8) is 0 Å². The number of ether oxygens (including phenoxy) is 6. The number of hydrogen-bond acceptors (Lipinski definition) is 6. The number of aryl methyl sites for hydroxylation is 1. The molecule has 0 saturated carbocycles. The number of epoxide rings is 2. The normalized spacial score (nSPS) is 22.7. The maximum atomic E-state index is 6.00. The topological polar surface area (TPSA) is 62.0 Å². The van der Waals surface area contributed by atoms with Gasteiger partial charge in [-0.25, -0.2) is 0 Å². The molecule has 3 aliphatic rings. The van der Waals surface area contributed by atoms with Crippen LogP contribution >= 0.6 is 0 Å². The molecule has 3 unspecified atom stereocenters. The average Bonchev–Trinajstić information content (AvgIpc) is 3.85. The second-order valence-corrected chi connectivity index (χ2v) is 9.70. The van der Waals surface area contributed by atoms with Gasteiger partial charge in [0.05, 0.1) is 39.6 Å². The lowest BCUT2D eigenvalue weighted by Crippen LogP contribution is -2.11. The molecule has 1 aliphatic carbocycles. The van der Waals surface area contributed by atoms with Gasteiger partial charge in [-0.1, -0.05) is 31.2 Å². The van der Waals surface area contributed by atoms with E-state index in [1.54, 1.807) is 0 Å². The molecule has 6 heteroatoms. The van der Waals surface area contributed by atoms with Gasteiger partial charge in [0.2, 0.25) is 0 Å². The molecule has 2 aromatic carbocycles. The van der Waals surface area contributed by atoms with Crippen molar-refractivity contribution in [1.29, 1.82) is 0 Å². The van der Waals surface area contributed by atoms with E-state index in [0.717, 1.165) is 50.4 Å². The van der Waals surface area contributed by atoms with Gasteiger partial charge in [-0.2, -0.15) is 0 Å². The van der Waals surface area contributed by atoms with E-state index in [1.807, 2.05) is 0 Å². The fraction of sp³-hybridized carbons (Fsp3) is 0.533. The monoisotopic (exact) mass is 494 g/mol. The summed E-state index contributed by atoms with van der Waals surface area (Å²) in [6.45, 7) is 7.49. The summed E-state index contributed by atoms with van der Waals surface area (Å²) in [5, 5.41) is 0. The molecule has 3 atom stereocenters. The molecule has 6 nitrogen and oxygen atoms in total. The van der Waals surface area contributed by atoms with Crippen LogP contribution in [0.4, 0.5) is 0 Å². The van der Waals surface area contributed by atoms with E-state index in [-0.39, 0.29) is 0 Å². The second-order valence-electron chi connectivity index (χ2n) is 9.70. The Morgan fingerprint density at radius 2 is 1.53 bits per heavy atom. The van der Waals surface area contributed by atoms with Gasteiger partial charge in [-0.3, -0.25) is 0 Å². The lowest BCUT2D eigenvalue weighted by atomic mass is 9.82. The first-order valence-electron chi connectivity index (χ1n) is 13.3. The molecule has 194 valence electrons. The molecule has 0 radical (unpaired) electrons. The Hall–Kier alpha value is -2.38. The minimum absolute atomic E-state index is 0.301. The summed E-state index contributed by atoms with van der Waals surface area (Å²) in [5.41, 5.74) is 5.40. The van der Waals surface area contributed by atoms with Gasteiger partial charge in [0.15, 0.2) is 0 Å². The Balaban J connectivity index is 1.08. The van der Waals surface area contributed by atoms with Crippen molar-refractivity contribution in [2.45, 2.75) is 50.7 Å². The maximum Gasteiger partial charge on any atom is 0.122 e. The molecular formula is C30H38O6. The molecule has 2 heterocycles. The van der Waals surface area contributed by atoms with Gasteiger partial charge in [0.25, 0.3) is 0 Å². The van der Waals surface area contributed by atoms with E-state index < -0.39 is 0 Å². The Kier molecular flexibility index (Phi) is 8.94. The van der Waals surface area contributed by atoms with Crippen LogP contribution in [-0.2, 0) is 25.4 Å². The standard InChI is InChI=1S/C30H38O6/c1-2-22-17-26(9-12-30(22)34-16-14-32-19-29-21-36-29)25-5-3-23(4-6-25)24-7-10-27(11-8-24)33-15-13-31-18-28-20-35-28/h5,7-12,17,23,28-29H,2-4,6,13-16,18-21H2,1H3. The van der Waals surface area contributed by atoms with E-state index in [2.05, 4.69) is 55.5 Å². The predicted molar refractivity (Wildman–Crippen MR) is 139 cm³/mol. The third kappa shape index (κ3) is 7.56. The molecule has 0 amide bonds. The summed E-state index contributed by atoms with van der Waals surface area (Å²) in [6, 6.07) is 15.2. The van der Waals surface area contributed by atoms with Gasteiger partial charge < -0.3 is 28.4 Å². The van der Waals surface area contributed by atoms with E-state index in [1.165, 1.54) is 22.3 Å². The molecule has 0 bridgehead atoms. The molecule has 2 fully saturated rings. The largest absolute Gasteiger partial charge is 0.491 e. The SMILES string of the molecule is CCc1cc(C2=CCC(c3ccc(OCCOCC4CO4)cc3)CC2)ccc1OCCOCC1CO1. The minimum Gasteiger partial charge on any atom is -0.491 e. The van der Waals surface area contributed by atoms with Crippen LogP contribution < -0.4 is 9.47 Å². The molecule has 5 rings (SSSR count). The van der Waals surface area contributed by atoms with Crippen LogP contribution in [-0.4, -0.2) is 65.1 Å². The van der Waals surface area contributed by atoms with Crippen LogP contribution in [0.1, 0.15) is 48.8 Å². The van der Waals surface area contributed by atoms with Crippen molar-refractivity contribution >= 4 is 5.57 Å². The van der Waals surface area contributed by atoms with Crippen LogP contribution in [0.25, 0.3) is 5.57 Å². The number of benzene rings is 2. The Morgan fingerprint density at radius 3 is 2.14 bits per heavy atom. The highest BCUT2D eigenvalue weighted by Gasteiger charge is 2.23. The first-order chi connectivity index (χ1) is 17.8. The Morgan fingerprint density at radius 1 is 0.833 bits per heavy atom. The Bertz CT molecular complexity index is 993. The molecule has 36 heavy (non-hydrogen) atoms. The fourth-order valence-electron chi connectivity index (χ4n) is 4.62. The zero-order valence-electron chi connectivity index (χ0n) is 21.3. The van der Waals surface area contributed by atoms with Crippen LogP contribution in [0.15, 0.2) is 48.5 Å². The van der Waals surface area contributed by atoms with E-state index in [0.29, 0.717) is 57.8 Å². The van der Waals surface area contributed by atoms with Gasteiger partial charge in [0, 0.05) is 0 Å². The third-order valence-electron chi connectivity index (χ3n) is 6.97. The number of rotatable bonds is 15. The van der Waals surface area contributed by atoms with E-state index in [4.69, 9.17) is 28.4 Å². The molecule has 2 aromatic rings. The average molecular weight is 495 g/mol. The van der Waals surface area contributed by atoms with Crippen molar-refractivity contribution in [3.8, 4) is 11.5 Å². The van der Waals surface area contributed by atoms with Crippen LogP contribution in [0.3, 0.4) is 0 Å². The molecule has 0 aromatic heterocycles. The summed E-state index contributed by atoms with van der Waals surface area (Å²) in [6.07, 6.45) is 7.29. The van der Waals surface area contributed by atoms with Gasteiger partial charge in [-0.15, -0.1) is 0 Å². The quantitative estimate of drug-likeness (QED) is 0.251. The number of allylic oxidation sites excluding steroid dienone is 2. The summed E-state index contributed by atoms with van der Waals surface area (Å²) in [7, 11) is 0. The highest BCUT2D eigenvalue weighted by molar-refractivity contribution is 5.68. The van der Waals surface area contributed by atoms with Gasteiger partial charge >= 0.3 is 0 Å². The maximum absolute atomic E-state index is 6.00. The zero-order chi connectivity index (χ0) is 24.6.